The minimum Gasteiger partial charge on any atom is -0.482 e. The standard InChI is InChI=1S/C20H17NO5/c22-18-11-17(13-26-20(23)10-15-6-8-21-9-7-15)24-14-19(18)25-12-16-4-2-1-3-5-16/h1-9,11,14H,10,12-13H2. The molecule has 6 nitrogen and oxygen atoms in total. The SMILES string of the molecule is O=C(Cc1ccncc1)OCc1cc(=O)c(OCc2ccccc2)co1. The molecule has 0 saturated heterocycles. The Labute approximate surface area is 150 Å². The van der Waals surface area contributed by atoms with E-state index in [1.54, 1.807) is 24.5 Å². The first-order chi connectivity index (χ1) is 12.7. The van der Waals surface area contributed by atoms with Gasteiger partial charge in [0.1, 0.15) is 25.2 Å². The van der Waals surface area contributed by atoms with E-state index in [4.69, 9.17) is 13.9 Å². The summed E-state index contributed by atoms with van der Waals surface area (Å²) in [4.78, 5) is 27.8. The van der Waals surface area contributed by atoms with Crippen molar-refractivity contribution >= 4 is 5.97 Å². The summed E-state index contributed by atoms with van der Waals surface area (Å²) >= 11 is 0. The molecular weight excluding hydrogens is 334 g/mol. The molecule has 0 aliphatic carbocycles. The van der Waals surface area contributed by atoms with Gasteiger partial charge in [0.2, 0.25) is 11.2 Å². The summed E-state index contributed by atoms with van der Waals surface area (Å²) < 4.78 is 15.9. The Morgan fingerprint density at radius 1 is 1.00 bits per heavy atom. The lowest BCUT2D eigenvalue weighted by atomic mass is 10.2. The van der Waals surface area contributed by atoms with E-state index in [-0.39, 0.29) is 36.6 Å². The van der Waals surface area contributed by atoms with Crippen molar-refractivity contribution in [3.63, 3.8) is 0 Å². The first-order valence-electron chi connectivity index (χ1n) is 8.04. The van der Waals surface area contributed by atoms with Gasteiger partial charge in [-0.25, -0.2) is 0 Å². The number of pyridine rings is 1. The maximum Gasteiger partial charge on any atom is 0.310 e. The minimum atomic E-state index is -0.414. The highest BCUT2D eigenvalue weighted by Gasteiger charge is 2.09. The summed E-state index contributed by atoms with van der Waals surface area (Å²) in [5.41, 5.74) is 1.42. The lowest BCUT2D eigenvalue weighted by Crippen LogP contribution is -2.11. The highest BCUT2D eigenvalue weighted by atomic mass is 16.5. The fourth-order valence-corrected chi connectivity index (χ4v) is 2.22. The Kier molecular flexibility index (Phi) is 5.77. The van der Waals surface area contributed by atoms with E-state index in [1.165, 1.54) is 12.3 Å². The van der Waals surface area contributed by atoms with Crippen molar-refractivity contribution in [1.82, 2.24) is 4.98 Å². The number of aromatic nitrogens is 1. The van der Waals surface area contributed by atoms with E-state index >= 15 is 0 Å². The van der Waals surface area contributed by atoms with Crippen LogP contribution in [-0.4, -0.2) is 11.0 Å². The van der Waals surface area contributed by atoms with E-state index in [9.17, 15) is 9.59 Å². The number of hydrogen-bond donors (Lipinski definition) is 0. The molecule has 0 saturated carbocycles. The Balaban J connectivity index is 1.52. The Morgan fingerprint density at radius 2 is 1.77 bits per heavy atom. The number of carbonyl (C=O) groups excluding carboxylic acids is 1. The van der Waals surface area contributed by atoms with E-state index < -0.39 is 5.97 Å². The topological polar surface area (TPSA) is 78.6 Å². The van der Waals surface area contributed by atoms with Crippen LogP contribution >= 0.6 is 0 Å². The van der Waals surface area contributed by atoms with Crippen LogP contribution in [0.1, 0.15) is 16.9 Å². The number of carbonyl (C=O) groups is 1. The molecule has 0 unspecified atom stereocenters. The molecule has 1 aromatic carbocycles. The summed E-state index contributed by atoms with van der Waals surface area (Å²) in [6, 6.07) is 14.2. The van der Waals surface area contributed by atoms with Crippen LogP contribution in [0.25, 0.3) is 0 Å². The van der Waals surface area contributed by atoms with Crippen LogP contribution in [0.5, 0.6) is 5.75 Å². The molecule has 0 aliphatic heterocycles. The summed E-state index contributed by atoms with van der Waals surface area (Å²) in [7, 11) is 0. The van der Waals surface area contributed by atoms with Gasteiger partial charge in [0.05, 0.1) is 6.42 Å². The summed E-state index contributed by atoms with van der Waals surface area (Å²) in [6.07, 6.45) is 4.58. The number of nitrogens with zero attached hydrogens (tertiary/aromatic N) is 1. The lowest BCUT2D eigenvalue weighted by molar-refractivity contribution is -0.144. The predicted molar refractivity (Wildman–Crippen MR) is 93.5 cm³/mol. The van der Waals surface area contributed by atoms with Crippen molar-refractivity contribution in [3.05, 3.63) is 94.3 Å². The van der Waals surface area contributed by atoms with Crippen LogP contribution in [0, 0.1) is 0 Å². The van der Waals surface area contributed by atoms with Gasteiger partial charge < -0.3 is 13.9 Å². The second kappa shape index (κ2) is 8.62. The van der Waals surface area contributed by atoms with Gasteiger partial charge in [0.25, 0.3) is 0 Å². The number of esters is 1. The second-order valence-corrected chi connectivity index (χ2v) is 5.54. The first kappa shape index (κ1) is 17.4. The van der Waals surface area contributed by atoms with Gasteiger partial charge in [0.15, 0.2) is 0 Å². The summed E-state index contributed by atoms with van der Waals surface area (Å²) in [6.45, 7) is 0.157. The van der Waals surface area contributed by atoms with Crippen molar-refractivity contribution in [2.75, 3.05) is 0 Å². The highest BCUT2D eigenvalue weighted by Crippen LogP contribution is 2.10. The van der Waals surface area contributed by atoms with Gasteiger partial charge in [-0.05, 0) is 23.3 Å². The molecular formula is C20H17NO5. The third-order valence-electron chi connectivity index (χ3n) is 3.56. The molecule has 2 aromatic heterocycles. The zero-order chi connectivity index (χ0) is 18.2. The smallest absolute Gasteiger partial charge is 0.310 e. The fourth-order valence-electron chi connectivity index (χ4n) is 2.22. The van der Waals surface area contributed by atoms with Gasteiger partial charge >= 0.3 is 5.97 Å². The molecule has 3 rings (SSSR count). The minimum absolute atomic E-state index is 0.112. The Morgan fingerprint density at radius 3 is 2.50 bits per heavy atom. The molecule has 26 heavy (non-hydrogen) atoms. The van der Waals surface area contributed by atoms with Gasteiger partial charge in [-0.15, -0.1) is 0 Å². The molecule has 0 N–H and O–H groups in total. The van der Waals surface area contributed by atoms with Crippen LogP contribution in [0.2, 0.25) is 0 Å². The molecule has 132 valence electrons. The third kappa shape index (κ3) is 5.04. The molecule has 0 amide bonds. The van der Waals surface area contributed by atoms with Crippen molar-refractivity contribution in [1.29, 1.82) is 0 Å². The zero-order valence-electron chi connectivity index (χ0n) is 14.0. The molecule has 3 aromatic rings. The van der Waals surface area contributed by atoms with Crippen LogP contribution in [0.4, 0.5) is 0 Å². The quantitative estimate of drug-likeness (QED) is 0.609. The molecule has 0 aliphatic rings. The Bertz CT molecular complexity index is 906. The molecule has 6 heteroatoms. The van der Waals surface area contributed by atoms with Gasteiger partial charge in [-0.1, -0.05) is 30.3 Å². The van der Waals surface area contributed by atoms with Crippen molar-refractivity contribution in [2.24, 2.45) is 0 Å². The average Bonchev–Trinajstić information content (AvgIpc) is 2.67. The van der Waals surface area contributed by atoms with E-state index in [0.29, 0.717) is 0 Å². The fraction of sp³-hybridized carbons (Fsp3) is 0.150. The van der Waals surface area contributed by atoms with Crippen LogP contribution in [0.3, 0.4) is 0 Å². The number of ether oxygens (including phenoxy) is 2. The van der Waals surface area contributed by atoms with Crippen LogP contribution in [0.15, 0.2) is 76.4 Å². The van der Waals surface area contributed by atoms with Gasteiger partial charge in [-0.2, -0.15) is 0 Å². The van der Waals surface area contributed by atoms with Crippen LogP contribution in [-0.2, 0) is 29.2 Å². The zero-order valence-corrected chi connectivity index (χ0v) is 14.0. The Hall–Kier alpha value is -3.41. The largest absolute Gasteiger partial charge is 0.482 e. The van der Waals surface area contributed by atoms with Gasteiger partial charge in [0, 0.05) is 18.5 Å². The first-order valence-corrected chi connectivity index (χ1v) is 8.04. The summed E-state index contributed by atoms with van der Waals surface area (Å²) in [5, 5.41) is 0. The number of rotatable bonds is 7. The maximum atomic E-state index is 12.1. The van der Waals surface area contributed by atoms with Crippen molar-refractivity contribution in [2.45, 2.75) is 19.6 Å². The molecule has 0 atom stereocenters. The van der Waals surface area contributed by atoms with E-state index in [1.807, 2.05) is 30.3 Å². The summed E-state index contributed by atoms with van der Waals surface area (Å²) in [5.74, 6) is -0.0471. The maximum absolute atomic E-state index is 12.1. The molecule has 0 spiro atoms. The van der Waals surface area contributed by atoms with Crippen molar-refractivity contribution < 1.29 is 18.7 Å². The van der Waals surface area contributed by atoms with Gasteiger partial charge in [-0.3, -0.25) is 14.6 Å². The van der Waals surface area contributed by atoms with Crippen LogP contribution < -0.4 is 10.2 Å². The normalized spacial score (nSPS) is 10.3. The number of benzene rings is 1. The van der Waals surface area contributed by atoms with Crippen molar-refractivity contribution in [3.8, 4) is 5.75 Å². The molecule has 0 radical (unpaired) electrons. The highest BCUT2D eigenvalue weighted by molar-refractivity contribution is 5.72. The molecule has 0 fully saturated rings. The third-order valence-corrected chi connectivity index (χ3v) is 3.56. The molecule has 2 heterocycles. The lowest BCUT2D eigenvalue weighted by Gasteiger charge is -2.07. The average molecular weight is 351 g/mol. The molecule has 0 bridgehead atoms. The van der Waals surface area contributed by atoms with E-state index in [2.05, 4.69) is 4.98 Å². The number of hydrogen-bond acceptors (Lipinski definition) is 6. The second-order valence-electron chi connectivity index (χ2n) is 5.54. The predicted octanol–water partition coefficient (Wildman–Crippen LogP) is 2.90. The monoisotopic (exact) mass is 351 g/mol. The van der Waals surface area contributed by atoms with E-state index in [0.717, 1.165) is 11.1 Å².